The number of nitrogens with one attached hydrogen (secondary N) is 1. The zero-order valence-electron chi connectivity index (χ0n) is 16.6. The lowest BCUT2D eigenvalue weighted by atomic mass is 10.1. The molecule has 2 aromatic carbocycles. The van der Waals surface area contributed by atoms with E-state index in [1.165, 1.54) is 6.07 Å². The molecular formula is C18H14F4N3O6PS2. The van der Waals surface area contributed by atoms with Crippen LogP contribution in [0, 0.1) is 34.6 Å². The Morgan fingerprint density at radius 1 is 1.18 bits per heavy atom. The molecule has 9 nitrogen and oxygen atoms in total. The first-order chi connectivity index (χ1) is 15.8. The van der Waals surface area contributed by atoms with Gasteiger partial charge in [-0.2, -0.15) is 14.4 Å². The summed E-state index contributed by atoms with van der Waals surface area (Å²) in [7, 11) is -10.2. The monoisotopic (exact) mass is 539 g/mol. The Bertz CT molecular complexity index is 1470. The van der Waals surface area contributed by atoms with Crippen molar-refractivity contribution in [2.75, 3.05) is 13.2 Å². The van der Waals surface area contributed by atoms with E-state index in [-0.39, 0.29) is 24.5 Å². The van der Waals surface area contributed by atoms with Gasteiger partial charge < -0.3 is 20.3 Å². The molecule has 0 saturated carbocycles. The Hall–Kier alpha value is -2.57. The summed E-state index contributed by atoms with van der Waals surface area (Å²) in [6.07, 6.45) is 0. The summed E-state index contributed by atoms with van der Waals surface area (Å²) < 4.78 is 99.9. The number of hydrogen-bond donors (Lipinski definition) is 4. The van der Waals surface area contributed by atoms with Gasteiger partial charge in [0, 0.05) is 11.9 Å². The highest BCUT2D eigenvalue weighted by atomic mass is 32.2. The quantitative estimate of drug-likeness (QED) is 0.193. The molecule has 0 aliphatic carbocycles. The number of halogens is 4. The van der Waals surface area contributed by atoms with Gasteiger partial charge in [0.25, 0.3) is 10.0 Å². The van der Waals surface area contributed by atoms with Crippen LogP contribution in [-0.2, 0) is 14.6 Å². The van der Waals surface area contributed by atoms with E-state index >= 15 is 0 Å². The van der Waals surface area contributed by atoms with Crippen molar-refractivity contribution < 1.29 is 45.1 Å². The smallest absolute Gasteiger partial charge is 0.347 e. The van der Waals surface area contributed by atoms with Crippen molar-refractivity contribution in [2.24, 2.45) is 5.73 Å². The number of thiophene rings is 1. The Labute approximate surface area is 193 Å². The largest absolute Gasteiger partial charge is 0.486 e. The van der Waals surface area contributed by atoms with E-state index < -0.39 is 77.8 Å². The molecule has 5 N–H and O–H groups in total. The summed E-state index contributed by atoms with van der Waals surface area (Å²) >= 11 is 0.145. The number of benzene rings is 2. The van der Waals surface area contributed by atoms with Gasteiger partial charge in [-0.25, -0.2) is 21.6 Å². The van der Waals surface area contributed by atoms with Gasteiger partial charge in [0.05, 0.1) is 10.3 Å². The van der Waals surface area contributed by atoms with Crippen LogP contribution < -0.4 is 15.2 Å². The topological polar surface area (TPSA) is 163 Å². The lowest BCUT2D eigenvalue weighted by Crippen LogP contribution is -2.28. The number of nitrogens with zero attached hydrogens (tertiary/aromatic N) is 1. The maximum Gasteiger partial charge on any atom is 0.347 e. The summed E-state index contributed by atoms with van der Waals surface area (Å²) in [5.41, 5.74) is 4.22. The number of rotatable bonds is 8. The van der Waals surface area contributed by atoms with Crippen molar-refractivity contribution in [1.29, 1.82) is 5.26 Å². The van der Waals surface area contributed by atoms with Gasteiger partial charge >= 0.3 is 7.60 Å². The maximum atomic E-state index is 14.7. The molecule has 16 heteroatoms. The van der Waals surface area contributed by atoms with E-state index in [1.54, 1.807) is 4.72 Å². The van der Waals surface area contributed by atoms with Gasteiger partial charge in [0.2, 0.25) is 5.82 Å². The van der Waals surface area contributed by atoms with Crippen LogP contribution in [0.25, 0.3) is 10.1 Å². The zero-order valence-corrected chi connectivity index (χ0v) is 19.2. The van der Waals surface area contributed by atoms with Gasteiger partial charge in [-0.1, -0.05) is 6.07 Å². The van der Waals surface area contributed by atoms with Crippen LogP contribution in [0.2, 0.25) is 0 Å². The third-order valence-electron chi connectivity index (χ3n) is 4.40. The minimum atomic E-state index is -5.32. The zero-order chi connectivity index (χ0) is 25.4. The van der Waals surface area contributed by atoms with Crippen LogP contribution in [0.15, 0.2) is 28.5 Å². The first kappa shape index (κ1) is 26.0. The molecule has 0 fully saturated rings. The summed E-state index contributed by atoms with van der Waals surface area (Å²) in [4.78, 5) is 19.3. The van der Waals surface area contributed by atoms with Gasteiger partial charge in [-0.3, -0.25) is 4.57 Å². The van der Waals surface area contributed by atoms with Gasteiger partial charge in [0.1, 0.15) is 28.5 Å². The molecule has 1 aromatic heterocycles. The van der Waals surface area contributed by atoms with Crippen LogP contribution in [-0.4, -0.2) is 31.4 Å². The van der Waals surface area contributed by atoms with Crippen molar-refractivity contribution in [3.8, 4) is 11.8 Å². The van der Waals surface area contributed by atoms with E-state index in [9.17, 15) is 40.3 Å². The summed E-state index contributed by atoms with van der Waals surface area (Å²) in [6, 6.07) is 4.45. The van der Waals surface area contributed by atoms with E-state index in [2.05, 4.69) is 0 Å². The second kappa shape index (κ2) is 9.59. The van der Waals surface area contributed by atoms with Gasteiger partial charge in [0.15, 0.2) is 17.4 Å². The molecule has 0 spiro atoms. The minimum absolute atomic E-state index is 0.145. The molecule has 3 rings (SSSR count). The van der Waals surface area contributed by atoms with Crippen LogP contribution in [0.1, 0.15) is 16.9 Å². The number of nitriles is 1. The molecule has 0 aliphatic heterocycles. The summed E-state index contributed by atoms with van der Waals surface area (Å²) in [5, 5.41) is 8.03. The molecule has 1 atom stereocenters. The molecule has 34 heavy (non-hydrogen) atoms. The second-order valence-corrected chi connectivity index (χ2v) is 11.4. The summed E-state index contributed by atoms with van der Waals surface area (Å²) in [5.74, 6) is -9.29. The molecule has 1 unspecified atom stereocenters. The average molecular weight is 539 g/mol. The highest BCUT2D eigenvalue weighted by molar-refractivity contribution is 7.92. The molecule has 3 aromatic rings. The third kappa shape index (κ3) is 4.93. The standard InChI is InChI=1S/C18H14F4N3O6PS2/c19-11-5-8(1-2-9(11)7-24)18(32(26,27)28)25-34(29,30)12-6-10-13(20)14(21)16(31-4-3-23)15(22)17(10)33-12/h1-2,5-6,18,25H,3-4,23H2,(H2,26,27,28). The summed E-state index contributed by atoms with van der Waals surface area (Å²) in [6.45, 7) is -0.506. The van der Waals surface area contributed by atoms with Crippen molar-refractivity contribution in [3.63, 3.8) is 0 Å². The molecular weight excluding hydrogens is 525 g/mol. The molecule has 0 saturated heterocycles. The highest BCUT2D eigenvalue weighted by Crippen LogP contribution is 2.51. The fourth-order valence-electron chi connectivity index (χ4n) is 2.86. The minimum Gasteiger partial charge on any atom is -0.486 e. The third-order valence-corrected chi connectivity index (χ3v) is 8.70. The number of ether oxygens (including phenoxy) is 1. The van der Waals surface area contributed by atoms with E-state index in [4.69, 9.17) is 15.7 Å². The van der Waals surface area contributed by atoms with Crippen LogP contribution in [0.3, 0.4) is 0 Å². The van der Waals surface area contributed by atoms with Crippen LogP contribution in [0.5, 0.6) is 5.75 Å². The number of sulfonamides is 1. The lowest BCUT2D eigenvalue weighted by molar-refractivity contribution is 0.289. The maximum absolute atomic E-state index is 14.7. The molecule has 1 heterocycles. The molecule has 0 amide bonds. The van der Waals surface area contributed by atoms with Crippen LogP contribution in [0.4, 0.5) is 17.6 Å². The lowest BCUT2D eigenvalue weighted by Gasteiger charge is -2.20. The van der Waals surface area contributed by atoms with Crippen LogP contribution >= 0.6 is 18.9 Å². The van der Waals surface area contributed by atoms with Crippen molar-refractivity contribution in [1.82, 2.24) is 4.72 Å². The Morgan fingerprint density at radius 2 is 1.85 bits per heavy atom. The fourth-order valence-corrected chi connectivity index (χ4v) is 6.85. The van der Waals surface area contributed by atoms with Crippen molar-refractivity contribution in [2.45, 2.75) is 9.99 Å². The number of hydrogen-bond acceptors (Lipinski definition) is 7. The van der Waals surface area contributed by atoms with Crippen molar-refractivity contribution >= 4 is 39.0 Å². The predicted octanol–water partition coefficient (Wildman–Crippen LogP) is 2.82. The van der Waals surface area contributed by atoms with E-state index in [0.717, 1.165) is 12.1 Å². The first-order valence-corrected chi connectivity index (χ1v) is 13.0. The number of fused-ring (bicyclic) bond motifs is 1. The molecule has 182 valence electrons. The fraction of sp³-hybridized carbons (Fsp3) is 0.167. The highest BCUT2D eigenvalue weighted by Gasteiger charge is 2.36. The Morgan fingerprint density at radius 3 is 2.41 bits per heavy atom. The van der Waals surface area contributed by atoms with Gasteiger partial charge in [-0.05, 0) is 23.8 Å². The van der Waals surface area contributed by atoms with Crippen molar-refractivity contribution in [3.05, 3.63) is 58.7 Å². The number of nitrogens with two attached hydrogens (primary N) is 1. The SMILES string of the molecule is N#Cc1ccc(C(NS(=O)(=O)c2cc3c(F)c(F)c(OCCN)c(F)c3s2)P(=O)(O)O)cc1F. The average Bonchev–Trinajstić information content (AvgIpc) is 3.22. The second-order valence-electron chi connectivity index (χ2n) is 6.68. The predicted molar refractivity (Wildman–Crippen MR) is 112 cm³/mol. The van der Waals surface area contributed by atoms with E-state index in [1.807, 2.05) is 0 Å². The normalized spacial score (nSPS) is 13.1. The van der Waals surface area contributed by atoms with Gasteiger partial charge in [-0.15, -0.1) is 11.3 Å². The first-order valence-electron chi connectivity index (χ1n) is 9.01. The Kier molecular flexibility index (Phi) is 7.34. The molecule has 0 aliphatic rings. The van der Waals surface area contributed by atoms with E-state index in [0.29, 0.717) is 12.1 Å². The molecule has 0 bridgehead atoms. The Balaban J connectivity index is 2.09. The molecule has 0 radical (unpaired) electrons.